The Morgan fingerprint density at radius 1 is 1.35 bits per heavy atom. The van der Waals surface area contributed by atoms with E-state index in [0.29, 0.717) is 23.1 Å². The first-order valence-electron chi connectivity index (χ1n) is 5.76. The molecular weight excluding hydrogens is 219 g/mol. The molecule has 3 nitrogen and oxygen atoms in total. The largest absolute Gasteiger partial charge is 0.440 e. The molecule has 2 heterocycles. The Balaban J connectivity index is 1.92. The summed E-state index contributed by atoms with van der Waals surface area (Å²) in [4.78, 5) is 4.24. The third-order valence-corrected chi connectivity index (χ3v) is 3.07. The van der Waals surface area contributed by atoms with Crippen LogP contribution in [-0.2, 0) is 0 Å². The van der Waals surface area contributed by atoms with Crippen molar-refractivity contribution in [2.24, 2.45) is 0 Å². The number of hydrogen-bond donors (Lipinski definition) is 1. The van der Waals surface area contributed by atoms with Gasteiger partial charge in [0.05, 0.1) is 11.8 Å². The summed E-state index contributed by atoms with van der Waals surface area (Å²) in [6.45, 7) is 1.87. The molecule has 1 aliphatic heterocycles. The number of hydrogen-bond acceptors (Lipinski definition) is 3. The van der Waals surface area contributed by atoms with E-state index in [1.54, 1.807) is 24.4 Å². The lowest BCUT2D eigenvalue weighted by Crippen LogP contribution is -2.07. The van der Waals surface area contributed by atoms with Gasteiger partial charge < -0.3 is 9.73 Å². The second-order valence-electron chi connectivity index (χ2n) is 4.23. The molecule has 17 heavy (non-hydrogen) atoms. The lowest BCUT2D eigenvalue weighted by atomic mass is 10.1. The Labute approximate surface area is 98.7 Å². The number of aromatic nitrogens is 1. The Kier molecular flexibility index (Phi) is 2.65. The van der Waals surface area contributed by atoms with Crippen molar-refractivity contribution in [3.05, 3.63) is 42.2 Å². The average Bonchev–Trinajstić information content (AvgIpc) is 3.00. The van der Waals surface area contributed by atoms with Crippen LogP contribution in [0.15, 0.2) is 34.9 Å². The smallest absolute Gasteiger partial charge is 0.199 e. The molecule has 0 saturated carbocycles. The van der Waals surface area contributed by atoms with E-state index in [0.717, 1.165) is 19.5 Å². The number of nitrogens with one attached hydrogen (secondary N) is 1. The number of nitrogens with zero attached hydrogens (tertiary/aromatic N) is 1. The van der Waals surface area contributed by atoms with Crippen LogP contribution in [0.1, 0.15) is 18.2 Å². The molecule has 0 amide bonds. The van der Waals surface area contributed by atoms with Crippen molar-refractivity contribution in [2.45, 2.75) is 12.3 Å². The second kappa shape index (κ2) is 4.30. The van der Waals surface area contributed by atoms with Gasteiger partial charge in [0.25, 0.3) is 0 Å². The molecule has 0 bridgehead atoms. The Bertz CT molecular complexity index is 518. The quantitative estimate of drug-likeness (QED) is 0.864. The zero-order valence-electron chi connectivity index (χ0n) is 9.32. The fourth-order valence-electron chi connectivity index (χ4n) is 2.13. The molecule has 1 unspecified atom stereocenters. The predicted molar refractivity (Wildman–Crippen MR) is 62.1 cm³/mol. The monoisotopic (exact) mass is 232 g/mol. The molecule has 1 aromatic heterocycles. The van der Waals surface area contributed by atoms with Gasteiger partial charge in [-0.2, -0.15) is 0 Å². The van der Waals surface area contributed by atoms with Crippen molar-refractivity contribution in [1.29, 1.82) is 0 Å². The minimum absolute atomic E-state index is 0.278. The van der Waals surface area contributed by atoms with Crippen LogP contribution in [0.4, 0.5) is 4.39 Å². The minimum atomic E-state index is -0.278. The van der Waals surface area contributed by atoms with E-state index in [-0.39, 0.29) is 5.82 Å². The Hall–Kier alpha value is -1.68. The molecule has 1 saturated heterocycles. The van der Waals surface area contributed by atoms with Gasteiger partial charge >= 0.3 is 0 Å². The van der Waals surface area contributed by atoms with Gasteiger partial charge in [-0.25, -0.2) is 9.37 Å². The SMILES string of the molecule is Fc1ccccc1-c1cnc(C2CCNC2)o1. The van der Waals surface area contributed by atoms with E-state index in [1.807, 2.05) is 0 Å². The van der Waals surface area contributed by atoms with Gasteiger partial charge in [-0.05, 0) is 25.1 Å². The fraction of sp³-hybridized carbons (Fsp3) is 0.308. The minimum Gasteiger partial charge on any atom is -0.440 e. The van der Waals surface area contributed by atoms with Crippen molar-refractivity contribution in [2.75, 3.05) is 13.1 Å². The van der Waals surface area contributed by atoms with Gasteiger partial charge in [0, 0.05) is 12.5 Å². The highest BCUT2D eigenvalue weighted by atomic mass is 19.1. The molecule has 4 heteroatoms. The maximum absolute atomic E-state index is 13.6. The van der Waals surface area contributed by atoms with Crippen LogP contribution in [0.25, 0.3) is 11.3 Å². The molecule has 1 aliphatic rings. The normalized spacial score (nSPS) is 19.7. The van der Waals surface area contributed by atoms with Crippen LogP contribution in [0.5, 0.6) is 0 Å². The van der Waals surface area contributed by atoms with Gasteiger partial charge in [0.15, 0.2) is 11.7 Å². The number of halogens is 1. The van der Waals surface area contributed by atoms with E-state index in [1.165, 1.54) is 6.07 Å². The summed E-state index contributed by atoms with van der Waals surface area (Å²) in [6.07, 6.45) is 2.63. The summed E-state index contributed by atoms with van der Waals surface area (Å²) in [7, 11) is 0. The van der Waals surface area contributed by atoms with Crippen LogP contribution >= 0.6 is 0 Å². The van der Waals surface area contributed by atoms with Crippen LogP contribution in [0, 0.1) is 5.82 Å². The first-order valence-corrected chi connectivity index (χ1v) is 5.76. The zero-order valence-corrected chi connectivity index (χ0v) is 9.32. The standard InChI is InChI=1S/C13H13FN2O/c14-11-4-2-1-3-10(11)12-8-16-13(17-12)9-5-6-15-7-9/h1-4,8-9,15H,5-7H2. The van der Waals surface area contributed by atoms with Crippen molar-refractivity contribution < 1.29 is 8.81 Å². The molecule has 88 valence electrons. The summed E-state index contributed by atoms with van der Waals surface area (Å²) in [5.74, 6) is 1.24. The summed E-state index contributed by atoms with van der Waals surface area (Å²) >= 11 is 0. The van der Waals surface area contributed by atoms with Crippen molar-refractivity contribution in [3.8, 4) is 11.3 Å². The fourth-order valence-corrected chi connectivity index (χ4v) is 2.13. The number of benzene rings is 1. The first-order chi connectivity index (χ1) is 8.34. The Morgan fingerprint density at radius 3 is 3.00 bits per heavy atom. The van der Waals surface area contributed by atoms with E-state index < -0.39 is 0 Å². The average molecular weight is 232 g/mol. The second-order valence-corrected chi connectivity index (χ2v) is 4.23. The maximum Gasteiger partial charge on any atom is 0.199 e. The summed E-state index contributed by atoms with van der Waals surface area (Å²) in [5, 5.41) is 3.26. The molecule has 3 rings (SSSR count). The van der Waals surface area contributed by atoms with Gasteiger partial charge in [0.1, 0.15) is 5.82 Å². The lowest BCUT2D eigenvalue weighted by molar-refractivity contribution is 0.465. The van der Waals surface area contributed by atoms with Crippen molar-refractivity contribution in [1.82, 2.24) is 10.3 Å². The molecule has 1 atom stereocenters. The molecule has 1 fully saturated rings. The highest BCUT2D eigenvalue weighted by Crippen LogP contribution is 2.28. The summed E-state index contributed by atoms with van der Waals surface area (Å²) in [6, 6.07) is 6.58. The molecule has 0 spiro atoms. The number of oxazole rings is 1. The van der Waals surface area contributed by atoms with E-state index in [9.17, 15) is 4.39 Å². The van der Waals surface area contributed by atoms with E-state index >= 15 is 0 Å². The van der Waals surface area contributed by atoms with E-state index in [4.69, 9.17) is 4.42 Å². The molecule has 2 aromatic rings. The predicted octanol–water partition coefficient (Wildman–Crippen LogP) is 2.56. The molecule has 1 N–H and O–H groups in total. The first kappa shape index (κ1) is 10.5. The molecule has 0 aliphatic carbocycles. The summed E-state index contributed by atoms with van der Waals surface area (Å²) < 4.78 is 19.2. The zero-order chi connectivity index (χ0) is 11.7. The molecular formula is C13H13FN2O. The third-order valence-electron chi connectivity index (χ3n) is 3.07. The molecule has 1 aromatic carbocycles. The van der Waals surface area contributed by atoms with Gasteiger partial charge in [-0.1, -0.05) is 12.1 Å². The lowest BCUT2D eigenvalue weighted by Gasteiger charge is -2.02. The van der Waals surface area contributed by atoms with Crippen molar-refractivity contribution >= 4 is 0 Å². The maximum atomic E-state index is 13.6. The topological polar surface area (TPSA) is 38.1 Å². The number of rotatable bonds is 2. The van der Waals surface area contributed by atoms with Gasteiger partial charge in [-0.15, -0.1) is 0 Å². The van der Waals surface area contributed by atoms with Crippen molar-refractivity contribution in [3.63, 3.8) is 0 Å². The summed E-state index contributed by atoms with van der Waals surface area (Å²) in [5.41, 5.74) is 0.470. The van der Waals surface area contributed by atoms with Gasteiger partial charge in [0.2, 0.25) is 0 Å². The van der Waals surface area contributed by atoms with Crippen LogP contribution in [-0.4, -0.2) is 18.1 Å². The highest BCUT2D eigenvalue weighted by molar-refractivity contribution is 5.56. The van der Waals surface area contributed by atoms with Gasteiger partial charge in [-0.3, -0.25) is 0 Å². The van der Waals surface area contributed by atoms with E-state index in [2.05, 4.69) is 10.3 Å². The van der Waals surface area contributed by atoms with Crippen LogP contribution in [0.2, 0.25) is 0 Å². The van der Waals surface area contributed by atoms with Crippen LogP contribution in [0.3, 0.4) is 0 Å². The third kappa shape index (κ3) is 1.96. The Morgan fingerprint density at radius 2 is 2.24 bits per heavy atom. The molecule has 0 radical (unpaired) electrons. The highest BCUT2D eigenvalue weighted by Gasteiger charge is 2.22. The van der Waals surface area contributed by atoms with Crippen LogP contribution < -0.4 is 5.32 Å².